The lowest BCUT2D eigenvalue weighted by atomic mass is 10.1. The Kier molecular flexibility index (Phi) is 6.32. The number of benzene rings is 2. The third-order valence-electron chi connectivity index (χ3n) is 5.77. The van der Waals surface area contributed by atoms with Gasteiger partial charge in [-0.1, -0.05) is 35.5 Å². The fraction of sp³-hybridized carbons (Fsp3) is 0.333. The van der Waals surface area contributed by atoms with Crippen LogP contribution in [0.3, 0.4) is 0 Å². The zero-order valence-electron chi connectivity index (χ0n) is 18.3. The van der Waals surface area contributed by atoms with Crippen molar-refractivity contribution >= 4 is 21.4 Å². The summed E-state index contributed by atoms with van der Waals surface area (Å²) in [6.07, 6.45) is -0.0290. The van der Waals surface area contributed by atoms with Gasteiger partial charge in [-0.05, 0) is 37.6 Å². The highest BCUT2D eigenvalue weighted by Gasteiger charge is 2.25. The van der Waals surface area contributed by atoms with E-state index in [1.807, 2.05) is 31.2 Å². The number of hydrogen-bond acceptors (Lipinski definition) is 6. The molecular formula is C24H27N3O4S. The number of carbonyl (C=O) groups is 1. The minimum absolute atomic E-state index is 0.0290. The molecule has 0 unspecified atom stereocenters. The van der Waals surface area contributed by atoms with Gasteiger partial charge < -0.3 is 14.3 Å². The van der Waals surface area contributed by atoms with Crippen LogP contribution in [-0.4, -0.2) is 56.3 Å². The van der Waals surface area contributed by atoms with E-state index in [0.717, 1.165) is 24.5 Å². The second-order valence-corrected chi connectivity index (χ2v) is 10.2. The van der Waals surface area contributed by atoms with Gasteiger partial charge in [-0.25, -0.2) is 8.42 Å². The zero-order chi connectivity index (χ0) is 22.7. The Morgan fingerprint density at radius 1 is 1.00 bits per heavy atom. The predicted molar refractivity (Wildman–Crippen MR) is 123 cm³/mol. The molecule has 1 aliphatic rings. The molecule has 3 aromatic rings. The zero-order valence-corrected chi connectivity index (χ0v) is 19.1. The van der Waals surface area contributed by atoms with E-state index in [0.29, 0.717) is 30.0 Å². The fourth-order valence-corrected chi connectivity index (χ4v) is 5.46. The van der Waals surface area contributed by atoms with Gasteiger partial charge in [-0.15, -0.1) is 0 Å². The van der Waals surface area contributed by atoms with E-state index in [9.17, 15) is 13.2 Å². The van der Waals surface area contributed by atoms with E-state index >= 15 is 0 Å². The van der Waals surface area contributed by atoms with E-state index in [4.69, 9.17) is 4.52 Å². The SMILES string of the molecule is Cc1cc(-c2ccc(C)c(S(=O)(=O)CCC(=O)N3CCN(c4ccccc4)CC3)c2)on1. The van der Waals surface area contributed by atoms with Crippen LogP contribution >= 0.6 is 0 Å². The average molecular weight is 454 g/mol. The molecule has 8 heteroatoms. The van der Waals surface area contributed by atoms with Gasteiger partial charge in [0, 0.05) is 49.9 Å². The first kappa shape index (κ1) is 22.1. The molecule has 0 N–H and O–H groups in total. The second kappa shape index (κ2) is 9.16. The summed E-state index contributed by atoms with van der Waals surface area (Å²) in [4.78, 5) is 16.9. The molecule has 2 aromatic carbocycles. The van der Waals surface area contributed by atoms with Crippen molar-refractivity contribution in [2.24, 2.45) is 0 Å². The van der Waals surface area contributed by atoms with Gasteiger partial charge in [0.05, 0.1) is 16.3 Å². The minimum Gasteiger partial charge on any atom is -0.368 e. The maximum absolute atomic E-state index is 13.0. The Morgan fingerprint density at radius 3 is 2.38 bits per heavy atom. The summed E-state index contributed by atoms with van der Waals surface area (Å²) in [5.74, 6) is 0.178. The topological polar surface area (TPSA) is 83.7 Å². The largest absolute Gasteiger partial charge is 0.368 e. The lowest BCUT2D eigenvalue weighted by molar-refractivity contribution is -0.131. The maximum Gasteiger partial charge on any atom is 0.223 e. The normalized spacial score (nSPS) is 14.6. The standard InChI is InChI=1S/C24H27N3O4S/c1-18-8-9-20(22-16-19(2)25-31-22)17-23(18)32(29,30)15-10-24(28)27-13-11-26(12-14-27)21-6-4-3-5-7-21/h3-9,16-17H,10-15H2,1-2H3. The highest BCUT2D eigenvalue weighted by molar-refractivity contribution is 7.91. The van der Waals surface area contributed by atoms with Gasteiger partial charge in [0.15, 0.2) is 15.6 Å². The molecule has 0 aliphatic carbocycles. The Bertz CT molecular complexity index is 1200. The van der Waals surface area contributed by atoms with Crippen molar-refractivity contribution in [1.29, 1.82) is 0 Å². The van der Waals surface area contributed by atoms with E-state index < -0.39 is 9.84 Å². The molecule has 168 valence electrons. The van der Waals surface area contributed by atoms with Gasteiger partial charge in [-0.3, -0.25) is 4.79 Å². The van der Waals surface area contributed by atoms with Crippen LogP contribution in [0.4, 0.5) is 5.69 Å². The summed E-state index contributed by atoms with van der Waals surface area (Å²) in [6.45, 7) is 6.22. The highest BCUT2D eigenvalue weighted by Crippen LogP contribution is 2.27. The van der Waals surface area contributed by atoms with Crippen molar-refractivity contribution in [1.82, 2.24) is 10.1 Å². The van der Waals surface area contributed by atoms with Crippen LogP contribution in [0.1, 0.15) is 17.7 Å². The number of anilines is 1. The first-order chi connectivity index (χ1) is 15.3. The molecule has 1 aromatic heterocycles. The molecule has 7 nitrogen and oxygen atoms in total. The number of piperazine rings is 1. The molecule has 0 saturated carbocycles. The van der Waals surface area contributed by atoms with E-state index in [1.54, 1.807) is 30.0 Å². The quantitative estimate of drug-likeness (QED) is 0.568. The highest BCUT2D eigenvalue weighted by atomic mass is 32.2. The summed E-state index contributed by atoms with van der Waals surface area (Å²) >= 11 is 0. The summed E-state index contributed by atoms with van der Waals surface area (Å²) in [5, 5.41) is 3.87. The lowest BCUT2D eigenvalue weighted by Gasteiger charge is -2.36. The average Bonchev–Trinajstić information content (AvgIpc) is 3.24. The van der Waals surface area contributed by atoms with Gasteiger partial charge in [0.1, 0.15) is 0 Å². The summed E-state index contributed by atoms with van der Waals surface area (Å²) in [7, 11) is -3.62. The predicted octanol–water partition coefficient (Wildman–Crippen LogP) is 3.47. The molecule has 0 spiro atoms. The Morgan fingerprint density at radius 2 is 1.72 bits per heavy atom. The van der Waals surface area contributed by atoms with Crippen LogP contribution in [0.5, 0.6) is 0 Å². The van der Waals surface area contributed by atoms with Gasteiger partial charge in [0.25, 0.3) is 0 Å². The number of carbonyl (C=O) groups excluding carboxylic acids is 1. The monoisotopic (exact) mass is 453 g/mol. The lowest BCUT2D eigenvalue weighted by Crippen LogP contribution is -2.49. The number of sulfone groups is 1. The molecule has 2 heterocycles. The molecule has 0 radical (unpaired) electrons. The van der Waals surface area contributed by atoms with E-state index in [1.165, 1.54) is 0 Å². The Labute approximate surface area is 188 Å². The number of hydrogen-bond donors (Lipinski definition) is 0. The third-order valence-corrected chi connectivity index (χ3v) is 7.63. The number of amides is 1. The number of para-hydroxylation sites is 1. The molecule has 4 rings (SSSR count). The molecule has 1 aliphatic heterocycles. The van der Waals surface area contributed by atoms with Crippen LogP contribution < -0.4 is 4.90 Å². The molecule has 1 amide bonds. The van der Waals surface area contributed by atoms with Crippen LogP contribution in [0, 0.1) is 13.8 Å². The molecular weight excluding hydrogens is 426 g/mol. The molecule has 0 atom stereocenters. The fourth-order valence-electron chi connectivity index (χ4n) is 3.93. The van der Waals surface area contributed by atoms with Crippen LogP contribution in [0.25, 0.3) is 11.3 Å². The molecule has 32 heavy (non-hydrogen) atoms. The van der Waals surface area contributed by atoms with E-state index in [-0.39, 0.29) is 23.0 Å². The smallest absolute Gasteiger partial charge is 0.223 e. The molecule has 1 fully saturated rings. The van der Waals surface area contributed by atoms with Crippen molar-refractivity contribution < 1.29 is 17.7 Å². The summed E-state index contributed by atoms with van der Waals surface area (Å²) in [5.41, 5.74) is 3.16. The van der Waals surface area contributed by atoms with Gasteiger partial charge in [0.2, 0.25) is 5.91 Å². The maximum atomic E-state index is 13.0. The van der Waals surface area contributed by atoms with E-state index in [2.05, 4.69) is 22.2 Å². The summed E-state index contributed by atoms with van der Waals surface area (Å²) < 4.78 is 31.3. The van der Waals surface area contributed by atoms with Crippen LogP contribution in [0.15, 0.2) is 64.0 Å². The Hall–Kier alpha value is -3.13. The van der Waals surface area contributed by atoms with Crippen molar-refractivity contribution in [3.05, 3.63) is 65.9 Å². The molecule has 0 bridgehead atoms. The van der Waals surface area contributed by atoms with Crippen molar-refractivity contribution in [2.45, 2.75) is 25.2 Å². The molecule has 1 saturated heterocycles. The van der Waals surface area contributed by atoms with Gasteiger partial charge >= 0.3 is 0 Å². The third kappa shape index (κ3) is 4.85. The minimum atomic E-state index is -3.62. The van der Waals surface area contributed by atoms with Crippen molar-refractivity contribution in [3.63, 3.8) is 0 Å². The van der Waals surface area contributed by atoms with Crippen LogP contribution in [0.2, 0.25) is 0 Å². The second-order valence-electron chi connectivity index (χ2n) is 8.09. The summed E-state index contributed by atoms with van der Waals surface area (Å²) in [6, 6.07) is 17.0. The Balaban J connectivity index is 1.39. The van der Waals surface area contributed by atoms with Crippen molar-refractivity contribution in [2.75, 3.05) is 36.8 Å². The van der Waals surface area contributed by atoms with Crippen LogP contribution in [-0.2, 0) is 14.6 Å². The first-order valence-corrected chi connectivity index (χ1v) is 12.3. The number of rotatable bonds is 6. The number of nitrogens with zero attached hydrogens (tertiary/aromatic N) is 3. The van der Waals surface area contributed by atoms with Gasteiger partial charge in [-0.2, -0.15) is 0 Å². The first-order valence-electron chi connectivity index (χ1n) is 10.7. The van der Waals surface area contributed by atoms with Crippen molar-refractivity contribution in [3.8, 4) is 11.3 Å². The number of aromatic nitrogens is 1. The number of aryl methyl sites for hydroxylation is 2.